The summed E-state index contributed by atoms with van der Waals surface area (Å²) in [6.07, 6.45) is 1.59. The minimum absolute atomic E-state index is 0.233. The van der Waals surface area contributed by atoms with E-state index < -0.39 is 5.91 Å². The molecule has 18 heavy (non-hydrogen) atoms. The number of nitrogens with two attached hydrogens (primary N) is 1. The second-order valence-electron chi connectivity index (χ2n) is 3.74. The van der Waals surface area contributed by atoms with Crippen molar-refractivity contribution in [2.75, 3.05) is 0 Å². The molecule has 96 valence electrons. The summed E-state index contributed by atoms with van der Waals surface area (Å²) < 4.78 is 10.6. The maximum Gasteiger partial charge on any atom is 0.301 e. The number of nitrogen functional groups attached to an aromatic ring is 1. The summed E-state index contributed by atoms with van der Waals surface area (Å²) in [5.41, 5.74) is 3.62. The van der Waals surface area contributed by atoms with Crippen molar-refractivity contribution in [2.24, 2.45) is 5.84 Å². The van der Waals surface area contributed by atoms with Gasteiger partial charge in [-0.1, -0.05) is 11.8 Å². The zero-order valence-electron chi connectivity index (χ0n) is 10.0. The number of hydrogen-bond acceptors (Lipinski definition) is 6. The highest BCUT2D eigenvalue weighted by Gasteiger charge is 2.15. The summed E-state index contributed by atoms with van der Waals surface area (Å²) in [5.74, 6) is 6.07. The number of thioether (sulfide) groups is 1. The molecule has 0 unspecified atom stereocenters. The number of hydrazine groups is 1. The number of nitrogens with one attached hydrogen (secondary N) is 1. The Balaban J connectivity index is 2.04. The van der Waals surface area contributed by atoms with E-state index in [1.165, 1.54) is 11.8 Å². The lowest BCUT2D eigenvalue weighted by Gasteiger charge is -1.95. The van der Waals surface area contributed by atoms with E-state index in [1.807, 2.05) is 12.3 Å². The Morgan fingerprint density at radius 2 is 2.33 bits per heavy atom. The predicted octanol–water partition coefficient (Wildman–Crippen LogP) is 1.78. The first-order chi connectivity index (χ1) is 8.60. The molecular formula is C11H13N3O3S. The number of carbonyl (C=O) groups is 1. The van der Waals surface area contributed by atoms with E-state index in [1.54, 1.807) is 19.3 Å². The van der Waals surface area contributed by atoms with Gasteiger partial charge in [0.1, 0.15) is 12.0 Å². The Kier molecular flexibility index (Phi) is 3.73. The summed E-state index contributed by atoms with van der Waals surface area (Å²) in [7, 11) is 0. The zero-order valence-corrected chi connectivity index (χ0v) is 10.8. The third-order valence-electron chi connectivity index (χ3n) is 2.24. The summed E-state index contributed by atoms with van der Waals surface area (Å²) in [6.45, 7) is 3.64. The number of aromatic nitrogens is 1. The number of aryl methyl sites for hydroxylation is 2. The van der Waals surface area contributed by atoms with E-state index in [9.17, 15) is 4.79 Å². The molecule has 2 aromatic rings. The van der Waals surface area contributed by atoms with Crippen LogP contribution in [0.25, 0.3) is 0 Å². The lowest BCUT2D eigenvalue weighted by Crippen LogP contribution is -2.30. The lowest BCUT2D eigenvalue weighted by molar-refractivity contribution is 0.0923. The molecule has 0 spiro atoms. The fourth-order valence-electron chi connectivity index (χ4n) is 1.44. The highest BCUT2D eigenvalue weighted by molar-refractivity contribution is 7.98. The smallest absolute Gasteiger partial charge is 0.301 e. The quantitative estimate of drug-likeness (QED) is 0.379. The summed E-state index contributed by atoms with van der Waals surface area (Å²) >= 11 is 1.40. The monoisotopic (exact) mass is 267 g/mol. The molecule has 0 aromatic carbocycles. The summed E-state index contributed by atoms with van der Waals surface area (Å²) in [5, 5.41) is 0.575. The molecular weight excluding hydrogens is 254 g/mol. The standard InChI is InChI=1S/C11H13N3O3S/c1-6-3-8(17-9(6)10(15)14-12)5-18-11-13-7(2)4-16-11/h3-4H,5,12H2,1-2H3,(H,14,15). The molecule has 2 aromatic heterocycles. The van der Waals surface area contributed by atoms with Crippen molar-refractivity contribution in [3.8, 4) is 0 Å². The van der Waals surface area contributed by atoms with Crippen molar-refractivity contribution in [3.63, 3.8) is 0 Å². The van der Waals surface area contributed by atoms with Gasteiger partial charge in [-0.25, -0.2) is 10.8 Å². The fourth-order valence-corrected chi connectivity index (χ4v) is 2.17. The van der Waals surface area contributed by atoms with Crippen molar-refractivity contribution in [1.82, 2.24) is 10.4 Å². The van der Waals surface area contributed by atoms with Gasteiger partial charge >= 0.3 is 5.91 Å². The maximum atomic E-state index is 11.4. The molecule has 1 amide bonds. The number of rotatable bonds is 4. The van der Waals surface area contributed by atoms with Crippen molar-refractivity contribution in [1.29, 1.82) is 0 Å². The summed E-state index contributed by atoms with van der Waals surface area (Å²) in [6, 6.07) is 1.80. The highest BCUT2D eigenvalue weighted by Crippen LogP contribution is 2.24. The molecule has 0 saturated carbocycles. The van der Waals surface area contributed by atoms with E-state index in [0.717, 1.165) is 11.3 Å². The van der Waals surface area contributed by atoms with Gasteiger partial charge < -0.3 is 8.83 Å². The number of carbonyl (C=O) groups excluding carboxylic acids is 1. The minimum atomic E-state index is -0.435. The van der Waals surface area contributed by atoms with Gasteiger partial charge in [-0.2, -0.15) is 0 Å². The second kappa shape index (κ2) is 5.28. The maximum absolute atomic E-state index is 11.4. The van der Waals surface area contributed by atoms with Crippen molar-refractivity contribution >= 4 is 17.7 Å². The van der Waals surface area contributed by atoms with Gasteiger partial charge in [-0.05, 0) is 19.9 Å². The van der Waals surface area contributed by atoms with E-state index >= 15 is 0 Å². The molecule has 2 rings (SSSR count). The number of nitrogens with zero attached hydrogens (tertiary/aromatic N) is 1. The van der Waals surface area contributed by atoms with Gasteiger partial charge in [-0.15, -0.1) is 0 Å². The van der Waals surface area contributed by atoms with E-state index in [4.69, 9.17) is 14.7 Å². The molecule has 0 aliphatic carbocycles. The molecule has 2 heterocycles. The second-order valence-corrected chi connectivity index (χ2v) is 4.67. The van der Waals surface area contributed by atoms with Gasteiger partial charge in [0.15, 0.2) is 5.76 Å². The van der Waals surface area contributed by atoms with Gasteiger partial charge in [0.05, 0.1) is 11.4 Å². The number of hydrogen-bond donors (Lipinski definition) is 2. The number of oxazole rings is 1. The van der Waals surface area contributed by atoms with Crippen LogP contribution in [0.3, 0.4) is 0 Å². The van der Waals surface area contributed by atoms with Crippen LogP contribution < -0.4 is 11.3 Å². The van der Waals surface area contributed by atoms with Crippen LogP contribution in [0.15, 0.2) is 26.4 Å². The van der Waals surface area contributed by atoms with Crippen molar-refractivity contribution in [3.05, 3.63) is 35.1 Å². The highest BCUT2D eigenvalue weighted by atomic mass is 32.2. The third-order valence-corrected chi connectivity index (χ3v) is 3.11. The van der Waals surface area contributed by atoms with Crippen LogP contribution in [0.4, 0.5) is 0 Å². The average Bonchev–Trinajstić information content (AvgIpc) is 2.92. The van der Waals surface area contributed by atoms with E-state index in [2.05, 4.69) is 4.98 Å². The van der Waals surface area contributed by atoms with Gasteiger partial charge in [-0.3, -0.25) is 10.2 Å². The normalized spacial score (nSPS) is 10.6. The minimum Gasteiger partial charge on any atom is -0.455 e. The molecule has 3 N–H and O–H groups in total. The van der Waals surface area contributed by atoms with Crippen LogP contribution in [0, 0.1) is 13.8 Å². The van der Waals surface area contributed by atoms with Gasteiger partial charge in [0, 0.05) is 5.56 Å². The SMILES string of the molecule is Cc1coc(SCc2cc(C)c(C(=O)NN)o2)n1. The molecule has 0 aliphatic heterocycles. The lowest BCUT2D eigenvalue weighted by atomic mass is 10.2. The van der Waals surface area contributed by atoms with Crippen molar-refractivity contribution in [2.45, 2.75) is 24.8 Å². The largest absolute Gasteiger partial charge is 0.455 e. The van der Waals surface area contributed by atoms with Crippen LogP contribution in [-0.2, 0) is 5.75 Å². The van der Waals surface area contributed by atoms with Gasteiger partial charge in [0.25, 0.3) is 5.22 Å². The fraction of sp³-hybridized carbons (Fsp3) is 0.273. The Labute approximate surface area is 108 Å². The molecule has 0 radical (unpaired) electrons. The van der Waals surface area contributed by atoms with Crippen molar-refractivity contribution < 1.29 is 13.6 Å². The van der Waals surface area contributed by atoms with Crippen LogP contribution in [0.1, 0.15) is 27.6 Å². The topological polar surface area (TPSA) is 94.3 Å². The molecule has 0 atom stereocenters. The predicted molar refractivity (Wildman–Crippen MR) is 65.9 cm³/mol. The first-order valence-electron chi connectivity index (χ1n) is 5.25. The Morgan fingerprint density at radius 3 is 2.94 bits per heavy atom. The number of furan rings is 1. The molecule has 6 nitrogen and oxygen atoms in total. The zero-order chi connectivity index (χ0) is 13.1. The molecule has 0 saturated heterocycles. The van der Waals surface area contributed by atoms with Crippen LogP contribution in [0.2, 0.25) is 0 Å². The Hall–Kier alpha value is -1.73. The Morgan fingerprint density at radius 1 is 1.56 bits per heavy atom. The van der Waals surface area contributed by atoms with E-state index in [0.29, 0.717) is 16.7 Å². The summed E-state index contributed by atoms with van der Waals surface area (Å²) in [4.78, 5) is 15.5. The molecule has 0 bridgehead atoms. The molecule has 0 aliphatic rings. The van der Waals surface area contributed by atoms with Crippen LogP contribution in [0.5, 0.6) is 0 Å². The van der Waals surface area contributed by atoms with Crippen LogP contribution >= 0.6 is 11.8 Å². The molecule has 0 fully saturated rings. The number of amides is 1. The molecule has 7 heteroatoms. The van der Waals surface area contributed by atoms with E-state index in [-0.39, 0.29) is 5.76 Å². The first kappa shape index (κ1) is 12.7. The van der Waals surface area contributed by atoms with Gasteiger partial charge in [0.2, 0.25) is 0 Å². The average molecular weight is 267 g/mol. The van der Waals surface area contributed by atoms with Crippen LogP contribution in [-0.4, -0.2) is 10.9 Å². The first-order valence-corrected chi connectivity index (χ1v) is 6.24. The Bertz CT molecular complexity index is 562. The third kappa shape index (κ3) is 2.74.